The van der Waals surface area contributed by atoms with Gasteiger partial charge in [0.25, 0.3) is 0 Å². The first kappa shape index (κ1) is 13.5. The van der Waals surface area contributed by atoms with Gasteiger partial charge in [0.15, 0.2) is 0 Å². The summed E-state index contributed by atoms with van der Waals surface area (Å²) in [6.07, 6.45) is 9.85. The molecule has 0 saturated heterocycles. The third-order valence-corrected chi connectivity index (χ3v) is 5.09. The molecule has 0 aromatic carbocycles. The SMILES string of the molecule is C#Cc1csc2c1NC(NC1CCCC1)=[N+](CC)C2O. The van der Waals surface area contributed by atoms with E-state index >= 15 is 0 Å². The number of nitrogens with one attached hydrogen (secondary N) is 2. The number of aliphatic hydroxyl groups is 1. The van der Waals surface area contributed by atoms with E-state index in [0.29, 0.717) is 6.04 Å². The Balaban J connectivity index is 1.92. The molecule has 5 heteroatoms. The number of hydrogen-bond acceptors (Lipinski definition) is 4. The summed E-state index contributed by atoms with van der Waals surface area (Å²) in [5.41, 5.74) is 1.71. The molecule has 1 saturated carbocycles. The molecule has 0 radical (unpaired) electrons. The van der Waals surface area contributed by atoms with Gasteiger partial charge in [-0.25, -0.2) is 9.89 Å². The van der Waals surface area contributed by atoms with Crippen LogP contribution in [-0.2, 0) is 0 Å². The van der Waals surface area contributed by atoms with Gasteiger partial charge in [-0.3, -0.25) is 5.32 Å². The third kappa shape index (κ3) is 2.19. The van der Waals surface area contributed by atoms with E-state index < -0.39 is 6.23 Å². The Morgan fingerprint density at radius 2 is 2.30 bits per heavy atom. The zero-order chi connectivity index (χ0) is 14.1. The Morgan fingerprint density at radius 3 is 2.95 bits per heavy atom. The molecule has 1 aromatic rings. The number of rotatable bonds is 2. The molecule has 0 spiro atoms. The van der Waals surface area contributed by atoms with Crippen LogP contribution in [0.25, 0.3) is 0 Å². The van der Waals surface area contributed by atoms with Crippen LogP contribution >= 0.6 is 11.3 Å². The molecule has 4 nitrogen and oxygen atoms in total. The van der Waals surface area contributed by atoms with Gasteiger partial charge in [0, 0.05) is 5.38 Å². The molecule has 1 atom stereocenters. The highest BCUT2D eigenvalue weighted by molar-refractivity contribution is 7.10. The number of hydrogen-bond donors (Lipinski definition) is 3. The van der Waals surface area contributed by atoms with Gasteiger partial charge >= 0.3 is 5.96 Å². The fourth-order valence-corrected chi connectivity index (χ4v) is 3.92. The maximum absolute atomic E-state index is 10.5. The van der Waals surface area contributed by atoms with Gasteiger partial charge in [-0.1, -0.05) is 5.92 Å². The third-order valence-electron chi connectivity index (χ3n) is 4.07. The summed E-state index contributed by atoms with van der Waals surface area (Å²) < 4.78 is 1.96. The van der Waals surface area contributed by atoms with Crippen LogP contribution in [0.2, 0.25) is 0 Å². The lowest BCUT2D eigenvalue weighted by atomic mass is 10.2. The molecule has 20 heavy (non-hydrogen) atoms. The minimum Gasteiger partial charge on any atom is -0.357 e. The van der Waals surface area contributed by atoms with Crippen molar-refractivity contribution in [2.45, 2.75) is 44.9 Å². The Kier molecular flexibility index (Phi) is 3.68. The average molecular weight is 290 g/mol. The number of thiophene rings is 1. The molecular weight excluding hydrogens is 270 g/mol. The first-order valence-electron chi connectivity index (χ1n) is 7.17. The van der Waals surface area contributed by atoms with Crippen molar-refractivity contribution in [3.63, 3.8) is 0 Å². The zero-order valence-electron chi connectivity index (χ0n) is 11.6. The standard InChI is InChI=1S/C15H19N3OS/c1-3-10-9-20-13-12(10)17-15(18(4-2)14(13)19)16-11-7-5-6-8-11/h1,9,11,14,19H,4-8H2,2H3,(H,16,17)/p+1. The number of fused-ring (bicyclic) bond motifs is 1. The Morgan fingerprint density at radius 1 is 1.55 bits per heavy atom. The fourth-order valence-electron chi connectivity index (χ4n) is 2.97. The Hall–Kier alpha value is -1.51. The lowest BCUT2D eigenvalue weighted by Crippen LogP contribution is -2.47. The molecule has 1 fully saturated rings. The first-order chi connectivity index (χ1) is 9.74. The Bertz CT molecular complexity index is 578. The second kappa shape index (κ2) is 5.47. The van der Waals surface area contributed by atoms with Gasteiger partial charge in [0.1, 0.15) is 10.6 Å². The van der Waals surface area contributed by atoms with Gasteiger partial charge in [0.2, 0.25) is 6.23 Å². The molecule has 0 amide bonds. The molecule has 106 valence electrons. The van der Waals surface area contributed by atoms with Crippen molar-refractivity contribution in [2.75, 3.05) is 11.9 Å². The minimum atomic E-state index is -0.618. The largest absolute Gasteiger partial charge is 0.357 e. The van der Waals surface area contributed by atoms with Crippen molar-refractivity contribution in [1.82, 2.24) is 5.32 Å². The highest BCUT2D eigenvalue weighted by Crippen LogP contribution is 2.36. The van der Waals surface area contributed by atoms with Crippen molar-refractivity contribution in [3.05, 3.63) is 15.8 Å². The predicted molar refractivity (Wildman–Crippen MR) is 82.0 cm³/mol. The summed E-state index contributed by atoms with van der Waals surface area (Å²) in [6, 6.07) is 0.494. The van der Waals surface area contributed by atoms with Crippen LogP contribution in [0, 0.1) is 12.3 Å². The topological polar surface area (TPSA) is 47.3 Å². The van der Waals surface area contributed by atoms with Crippen LogP contribution in [-0.4, -0.2) is 28.2 Å². The fraction of sp³-hybridized carbons (Fsp3) is 0.533. The zero-order valence-corrected chi connectivity index (χ0v) is 12.5. The van der Waals surface area contributed by atoms with E-state index in [1.54, 1.807) is 0 Å². The van der Waals surface area contributed by atoms with Crippen molar-refractivity contribution >= 4 is 23.0 Å². The number of nitrogens with zero attached hydrogens (tertiary/aromatic N) is 1. The number of anilines is 1. The summed E-state index contributed by atoms with van der Waals surface area (Å²) in [7, 11) is 0. The van der Waals surface area contributed by atoms with E-state index in [2.05, 4.69) is 16.6 Å². The van der Waals surface area contributed by atoms with Crippen molar-refractivity contribution in [3.8, 4) is 12.3 Å². The summed E-state index contributed by atoms with van der Waals surface area (Å²) >= 11 is 1.51. The molecule has 3 N–H and O–H groups in total. The van der Waals surface area contributed by atoms with Crippen LogP contribution in [0.15, 0.2) is 5.38 Å². The highest BCUT2D eigenvalue weighted by atomic mass is 32.1. The molecule has 3 rings (SSSR count). The minimum absolute atomic E-state index is 0.494. The van der Waals surface area contributed by atoms with Crippen LogP contribution in [0.4, 0.5) is 5.69 Å². The molecule has 2 aliphatic rings. The van der Waals surface area contributed by atoms with E-state index in [-0.39, 0.29) is 0 Å². The second-order valence-corrected chi connectivity index (χ2v) is 6.20. The average Bonchev–Trinajstić information content (AvgIpc) is 3.08. The van der Waals surface area contributed by atoms with E-state index in [4.69, 9.17) is 6.42 Å². The van der Waals surface area contributed by atoms with Crippen molar-refractivity contribution in [2.24, 2.45) is 0 Å². The maximum atomic E-state index is 10.5. The number of guanidine groups is 1. The summed E-state index contributed by atoms with van der Waals surface area (Å²) in [5, 5.41) is 19.4. The smallest absolute Gasteiger partial charge is 0.353 e. The van der Waals surface area contributed by atoms with Gasteiger partial charge in [-0.05, 0) is 32.6 Å². The van der Waals surface area contributed by atoms with E-state index in [1.807, 2.05) is 16.9 Å². The van der Waals surface area contributed by atoms with Crippen LogP contribution < -0.4 is 10.6 Å². The molecule has 1 aliphatic carbocycles. The number of aliphatic hydroxyl groups excluding tert-OH is 1. The van der Waals surface area contributed by atoms with Gasteiger partial charge in [0.05, 0.1) is 18.2 Å². The second-order valence-electron chi connectivity index (χ2n) is 5.29. The predicted octanol–water partition coefficient (Wildman–Crippen LogP) is 2.07. The molecule has 1 aliphatic heterocycles. The quantitative estimate of drug-likeness (QED) is 0.577. The van der Waals surface area contributed by atoms with Gasteiger partial charge in [-0.2, -0.15) is 0 Å². The van der Waals surface area contributed by atoms with E-state index in [1.165, 1.54) is 37.0 Å². The van der Waals surface area contributed by atoms with Crippen molar-refractivity contribution < 1.29 is 9.68 Å². The molecule has 2 heterocycles. The normalized spacial score (nSPS) is 22.4. The molecular formula is C15H20N3OS+. The number of terminal acetylenes is 1. The summed E-state index contributed by atoms with van der Waals surface area (Å²) in [5.74, 6) is 3.56. The first-order valence-corrected chi connectivity index (χ1v) is 8.05. The lowest BCUT2D eigenvalue weighted by molar-refractivity contribution is -0.615. The monoisotopic (exact) mass is 290 g/mol. The molecule has 0 bridgehead atoms. The lowest BCUT2D eigenvalue weighted by Gasteiger charge is -2.24. The van der Waals surface area contributed by atoms with Crippen LogP contribution in [0.3, 0.4) is 0 Å². The van der Waals surface area contributed by atoms with E-state index in [0.717, 1.165) is 28.6 Å². The maximum Gasteiger partial charge on any atom is 0.353 e. The van der Waals surface area contributed by atoms with Gasteiger partial charge in [-0.15, -0.1) is 17.8 Å². The summed E-state index contributed by atoms with van der Waals surface area (Å²) in [6.45, 7) is 2.79. The summed E-state index contributed by atoms with van der Waals surface area (Å²) in [4.78, 5) is 0.900. The van der Waals surface area contributed by atoms with Gasteiger partial charge < -0.3 is 5.11 Å². The Labute approximate surface area is 123 Å². The van der Waals surface area contributed by atoms with E-state index in [9.17, 15) is 5.11 Å². The molecule has 1 unspecified atom stereocenters. The van der Waals surface area contributed by atoms with Crippen molar-refractivity contribution in [1.29, 1.82) is 0 Å². The van der Waals surface area contributed by atoms with Crippen LogP contribution in [0.1, 0.15) is 49.3 Å². The molecule has 1 aromatic heterocycles. The highest BCUT2D eigenvalue weighted by Gasteiger charge is 2.34. The van der Waals surface area contributed by atoms with Crippen LogP contribution in [0.5, 0.6) is 0 Å².